The lowest BCUT2D eigenvalue weighted by Crippen LogP contribution is -1.95. The van der Waals surface area contributed by atoms with Crippen LogP contribution in [0.2, 0.25) is 0 Å². The summed E-state index contributed by atoms with van der Waals surface area (Å²) in [5.41, 5.74) is 4.30. The van der Waals surface area contributed by atoms with Crippen LogP contribution in [-0.4, -0.2) is 16.1 Å². The molecule has 21 heavy (non-hydrogen) atoms. The molecule has 0 radical (unpaired) electrons. The lowest BCUT2D eigenvalue weighted by atomic mass is 10.1. The monoisotopic (exact) mass is 340 g/mol. The standard InChI is InChI=1S/C17H13BrN2O/c1-12-3-2-4-16(9-12)20-10-14(11-21)17(19-20)13-5-7-15(18)8-6-13/h2-11H,1H3. The van der Waals surface area contributed by atoms with Crippen LogP contribution in [0.1, 0.15) is 15.9 Å². The van der Waals surface area contributed by atoms with Crippen LogP contribution in [0.3, 0.4) is 0 Å². The molecule has 0 aliphatic heterocycles. The summed E-state index contributed by atoms with van der Waals surface area (Å²) >= 11 is 3.41. The Kier molecular flexibility index (Phi) is 3.71. The normalized spacial score (nSPS) is 10.6. The fourth-order valence-electron chi connectivity index (χ4n) is 2.21. The van der Waals surface area contributed by atoms with Crippen LogP contribution in [-0.2, 0) is 0 Å². The van der Waals surface area contributed by atoms with Gasteiger partial charge in [-0.3, -0.25) is 4.79 Å². The molecule has 0 bridgehead atoms. The van der Waals surface area contributed by atoms with Crippen molar-refractivity contribution in [2.24, 2.45) is 0 Å². The third-order valence-electron chi connectivity index (χ3n) is 3.25. The molecule has 3 nitrogen and oxygen atoms in total. The van der Waals surface area contributed by atoms with Crippen molar-refractivity contribution < 1.29 is 4.79 Å². The van der Waals surface area contributed by atoms with Crippen molar-refractivity contribution in [1.29, 1.82) is 0 Å². The number of hydrogen-bond donors (Lipinski definition) is 0. The molecule has 3 rings (SSSR count). The summed E-state index contributed by atoms with van der Waals surface area (Å²) in [5, 5.41) is 4.56. The second-order valence-electron chi connectivity index (χ2n) is 4.84. The number of aryl methyl sites for hydroxylation is 1. The maximum Gasteiger partial charge on any atom is 0.153 e. The number of carbonyl (C=O) groups excluding carboxylic acids is 1. The Hall–Kier alpha value is -2.20. The highest BCUT2D eigenvalue weighted by atomic mass is 79.9. The molecule has 1 heterocycles. The average Bonchev–Trinajstić information content (AvgIpc) is 2.92. The van der Waals surface area contributed by atoms with Gasteiger partial charge in [-0.05, 0) is 36.8 Å². The topological polar surface area (TPSA) is 34.9 Å². The Balaban J connectivity index is 2.10. The molecular formula is C17H13BrN2O. The first kappa shape index (κ1) is 13.8. The van der Waals surface area contributed by atoms with E-state index in [1.807, 2.05) is 55.5 Å². The summed E-state index contributed by atoms with van der Waals surface area (Å²) in [6.45, 7) is 2.03. The van der Waals surface area contributed by atoms with E-state index >= 15 is 0 Å². The predicted molar refractivity (Wildman–Crippen MR) is 86.8 cm³/mol. The average molecular weight is 341 g/mol. The van der Waals surface area contributed by atoms with Crippen molar-refractivity contribution >= 4 is 22.2 Å². The summed E-state index contributed by atoms with van der Waals surface area (Å²) in [6.07, 6.45) is 2.61. The number of aldehydes is 1. The maximum absolute atomic E-state index is 11.3. The largest absolute Gasteiger partial charge is 0.298 e. The molecule has 0 atom stereocenters. The van der Waals surface area contributed by atoms with Gasteiger partial charge in [-0.2, -0.15) is 5.10 Å². The van der Waals surface area contributed by atoms with Crippen molar-refractivity contribution in [3.05, 3.63) is 70.3 Å². The number of hydrogen-bond acceptors (Lipinski definition) is 2. The van der Waals surface area contributed by atoms with E-state index in [9.17, 15) is 4.79 Å². The van der Waals surface area contributed by atoms with Gasteiger partial charge >= 0.3 is 0 Å². The lowest BCUT2D eigenvalue weighted by Gasteiger charge is -2.02. The SMILES string of the molecule is Cc1cccc(-n2cc(C=O)c(-c3ccc(Br)cc3)n2)c1. The highest BCUT2D eigenvalue weighted by Crippen LogP contribution is 2.24. The molecule has 0 spiro atoms. The molecular weight excluding hydrogens is 328 g/mol. The van der Waals surface area contributed by atoms with Crippen LogP contribution in [0, 0.1) is 6.92 Å². The van der Waals surface area contributed by atoms with E-state index in [1.165, 1.54) is 0 Å². The molecule has 0 unspecified atom stereocenters. The summed E-state index contributed by atoms with van der Waals surface area (Å²) in [6, 6.07) is 15.8. The first-order valence-electron chi connectivity index (χ1n) is 6.55. The maximum atomic E-state index is 11.3. The molecule has 0 aliphatic rings. The van der Waals surface area contributed by atoms with Gasteiger partial charge in [-0.15, -0.1) is 0 Å². The molecule has 0 saturated carbocycles. The number of benzene rings is 2. The van der Waals surface area contributed by atoms with Crippen molar-refractivity contribution in [3.63, 3.8) is 0 Å². The lowest BCUT2D eigenvalue weighted by molar-refractivity contribution is 0.112. The molecule has 3 aromatic rings. The van der Waals surface area contributed by atoms with Gasteiger partial charge in [0.15, 0.2) is 6.29 Å². The van der Waals surface area contributed by atoms with Crippen LogP contribution in [0.4, 0.5) is 0 Å². The second kappa shape index (κ2) is 5.66. The first-order valence-corrected chi connectivity index (χ1v) is 7.34. The van der Waals surface area contributed by atoms with Crippen LogP contribution in [0.5, 0.6) is 0 Å². The Morgan fingerprint density at radius 2 is 1.90 bits per heavy atom. The number of carbonyl (C=O) groups is 1. The molecule has 0 amide bonds. The minimum atomic E-state index is 0.582. The van der Waals surface area contributed by atoms with Crippen LogP contribution < -0.4 is 0 Å². The van der Waals surface area contributed by atoms with Crippen molar-refractivity contribution in [2.45, 2.75) is 6.92 Å². The minimum absolute atomic E-state index is 0.582. The fraction of sp³-hybridized carbons (Fsp3) is 0.0588. The number of halogens is 1. The van der Waals surface area contributed by atoms with E-state index in [1.54, 1.807) is 10.9 Å². The van der Waals surface area contributed by atoms with E-state index in [2.05, 4.69) is 21.0 Å². The molecule has 4 heteroatoms. The Morgan fingerprint density at radius 3 is 2.57 bits per heavy atom. The number of aromatic nitrogens is 2. The highest BCUT2D eigenvalue weighted by molar-refractivity contribution is 9.10. The number of nitrogens with zero attached hydrogens (tertiary/aromatic N) is 2. The van der Waals surface area contributed by atoms with Gasteiger partial charge in [-0.25, -0.2) is 4.68 Å². The Bertz CT molecular complexity index is 791. The highest BCUT2D eigenvalue weighted by Gasteiger charge is 2.11. The van der Waals surface area contributed by atoms with Crippen molar-refractivity contribution in [2.75, 3.05) is 0 Å². The van der Waals surface area contributed by atoms with E-state index in [0.29, 0.717) is 11.3 Å². The second-order valence-corrected chi connectivity index (χ2v) is 5.76. The Morgan fingerprint density at radius 1 is 1.14 bits per heavy atom. The molecule has 1 aromatic heterocycles. The molecule has 0 aliphatic carbocycles. The van der Waals surface area contributed by atoms with Crippen LogP contribution >= 0.6 is 15.9 Å². The first-order chi connectivity index (χ1) is 10.2. The summed E-state index contributed by atoms with van der Waals surface area (Å²) < 4.78 is 2.74. The van der Waals surface area contributed by atoms with Gasteiger partial charge in [0.05, 0.1) is 11.3 Å². The van der Waals surface area contributed by atoms with Gasteiger partial charge < -0.3 is 0 Å². The van der Waals surface area contributed by atoms with Crippen LogP contribution in [0.15, 0.2) is 59.2 Å². The molecule has 0 fully saturated rings. The quantitative estimate of drug-likeness (QED) is 0.661. The summed E-state index contributed by atoms with van der Waals surface area (Å²) in [7, 11) is 0. The van der Waals surface area contributed by atoms with Gasteiger partial charge in [-0.1, -0.05) is 40.2 Å². The predicted octanol–water partition coefficient (Wildman–Crippen LogP) is 4.42. The van der Waals surface area contributed by atoms with E-state index in [-0.39, 0.29) is 0 Å². The van der Waals surface area contributed by atoms with E-state index in [0.717, 1.165) is 27.6 Å². The summed E-state index contributed by atoms with van der Waals surface area (Å²) in [4.78, 5) is 11.3. The molecule has 0 saturated heterocycles. The third kappa shape index (κ3) is 2.81. The van der Waals surface area contributed by atoms with E-state index < -0.39 is 0 Å². The van der Waals surface area contributed by atoms with Crippen molar-refractivity contribution in [3.8, 4) is 16.9 Å². The van der Waals surface area contributed by atoms with Crippen molar-refractivity contribution in [1.82, 2.24) is 9.78 Å². The van der Waals surface area contributed by atoms with Crippen LogP contribution in [0.25, 0.3) is 16.9 Å². The minimum Gasteiger partial charge on any atom is -0.298 e. The molecule has 2 aromatic carbocycles. The fourth-order valence-corrected chi connectivity index (χ4v) is 2.47. The number of rotatable bonds is 3. The molecule has 0 N–H and O–H groups in total. The zero-order valence-corrected chi connectivity index (χ0v) is 13.0. The van der Waals surface area contributed by atoms with Gasteiger partial charge in [0.1, 0.15) is 5.69 Å². The Labute approximate surface area is 131 Å². The zero-order chi connectivity index (χ0) is 14.8. The van der Waals surface area contributed by atoms with Gasteiger partial charge in [0, 0.05) is 16.2 Å². The van der Waals surface area contributed by atoms with Gasteiger partial charge in [0.2, 0.25) is 0 Å². The molecule has 104 valence electrons. The smallest absolute Gasteiger partial charge is 0.153 e. The van der Waals surface area contributed by atoms with E-state index in [4.69, 9.17) is 0 Å². The third-order valence-corrected chi connectivity index (χ3v) is 3.78. The van der Waals surface area contributed by atoms with Gasteiger partial charge in [0.25, 0.3) is 0 Å². The summed E-state index contributed by atoms with van der Waals surface area (Å²) in [5.74, 6) is 0. The zero-order valence-electron chi connectivity index (χ0n) is 11.5.